The molecule has 13 heavy (non-hydrogen) atoms. The summed E-state index contributed by atoms with van der Waals surface area (Å²) in [6.45, 7) is 6.25. The molecule has 70 valence electrons. The molecule has 0 bridgehead atoms. The second-order valence-corrected chi connectivity index (χ2v) is 2.92. The average Bonchev–Trinajstić information content (AvgIpc) is 2.50. The monoisotopic (exact) mass is 177 g/mol. The van der Waals surface area contributed by atoms with Crippen molar-refractivity contribution in [1.29, 1.82) is 0 Å². The van der Waals surface area contributed by atoms with Crippen molar-refractivity contribution in [2.75, 3.05) is 0 Å². The zero-order valence-corrected chi connectivity index (χ0v) is 8.36. The predicted molar refractivity (Wildman–Crippen MR) is 53.7 cm³/mol. The average molecular weight is 177 g/mol. The van der Waals surface area contributed by atoms with E-state index in [1.807, 2.05) is 25.4 Å². The number of hydrogen-bond acceptors (Lipinski definition) is 2. The number of aromatic nitrogens is 3. The van der Waals surface area contributed by atoms with Crippen LogP contribution in [0.25, 0.3) is 5.65 Å². The van der Waals surface area contributed by atoms with Crippen molar-refractivity contribution >= 4 is 5.65 Å². The van der Waals surface area contributed by atoms with Crippen LogP contribution in [0.5, 0.6) is 0 Å². The van der Waals surface area contributed by atoms with Crippen molar-refractivity contribution in [2.45, 2.75) is 27.2 Å². The molecule has 0 aliphatic carbocycles. The van der Waals surface area contributed by atoms with Gasteiger partial charge in [-0.05, 0) is 13.0 Å². The van der Waals surface area contributed by atoms with Crippen LogP contribution < -0.4 is 0 Å². The van der Waals surface area contributed by atoms with Crippen molar-refractivity contribution in [2.24, 2.45) is 0 Å². The van der Waals surface area contributed by atoms with E-state index in [0.717, 1.165) is 11.2 Å². The third kappa shape index (κ3) is 2.28. The summed E-state index contributed by atoms with van der Waals surface area (Å²) in [4.78, 5) is 4.14. The van der Waals surface area contributed by atoms with Gasteiger partial charge in [-0.25, -0.2) is 9.50 Å². The lowest BCUT2D eigenvalue weighted by atomic mass is 10.4. The predicted octanol–water partition coefficient (Wildman–Crippen LogP) is 2.45. The highest BCUT2D eigenvalue weighted by Gasteiger charge is 1.95. The third-order valence-corrected chi connectivity index (χ3v) is 1.46. The van der Waals surface area contributed by atoms with Crippen LogP contribution in [0.3, 0.4) is 0 Å². The number of nitrogens with zero attached hydrogens (tertiary/aromatic N) is 3. The Morgan fingerprint density at radius 1 is 1.38 bits per heavy atom. The molecule has 2 aromatic heterocycles. The zero-order chi connectivity index (χ0) is 9.68. The molecule has 0 saturated carbocycles. The van der Waals surface area contributed by atoms with Gasteiger partial charge in [0.05, 0.1) is 6.20 Å². The highest BCUT2D eigenvalue weighted by atomic mass is 15.2. The third-order valence-electron chi connectivity index (χ3n) is 1.46. The lowest BCUT2D eigenvalue weighted by Gasteiger charge is -1.88. The Morgan fingerprint density at radius 2 is 2.08 bits per heavy atom. The van der Waals surface area contributed by atoms with Gasteiger partial charge in [0, 0.05) is 18.0 Å². The van der Waals surface area contributed by atoms with Crippen LogP contribution in [0.1, 0.15) is 25.8 Å². The van der Waals surface area contributed by atoms with E-state index in [4.69, 9.17) is 0 Å². The van der Waals surface area contributed by atoms with Crippen LogP contribution in [0.15, 0.2) is 24.7 Å². The first-order valence-electron chi connectivity index (χ1n) is 4.54. The number of rotatable bonds is 0. The fourth-order valence-corrected chi connectivity index (χ4v) is 0.946. The van der Waals surface area contributed by atoms with Gasteiger partial charge in [-0.1, -0.05) is 20.3 Å². The van der Waals surface area contributed by atoms with Gasteiger partial charge in [0.2, 0.25) is 0 Å². The molecule has 3 nitrogen and oxygen atoms in total. The van der Waals surface area contributed by atoms with Gasteiger partial charge in [0.1, 0.15) is 0 Å². The molecule has 0 unspecified atom stereocenters. The molecule has 0 radical (unpaired) electrons. The molecule has 0 amide bonds. The van der Waals surface area contributed by atoms with Gasteiger partial charge in [-0.2, -0.15) is 5.10 Å². The molecular weight excluding hydrogens is 162 g/mol. The smallest absolute Gasteiger partial charge is 0.157 e. The maximum absolute atomic E-state index is 4.14. The van der Waals surface area contributed by atoms with Gasteiger partial charge in [-0.15, -0.1) is 0 Å². The van der Waals surface area contributed by atoms with Gasteiger partial charge >= 0.3 is 0 Å². The topological polar surface area (TPSA) is 30.2 Å². The van der Waals surface area contributed by atoms with Crippen LogP contribution in [0.4, 0.5) is 0 Å². The first-order valence-corrected chi connectivity index (χ1v) is 4.54. The lowest BCUT2D eigenvalue weighted by molar-refractivity contribution is 0.939. The minimum absolute atomic E-state index is 0.933. The van der Waals surface area contributed by atoms with E-state index in [0.29, 0.717) is 0 Å². The molecule has 2 aromatic rings. The fraction of sp³-hybridized carbons (Fsp3) is 0.400. The fourth-order valence-electron chi connectivity index (χ4n) is 0.946. The second-order valence-electron chi connectivity index (χ2n) is 2.92. The van der Waals surface area contributed by atoms with Crippen molar-refractivity contribution in [3.8, 4) is 0 Å². The minimum Gasteiger partial charge on any atom is -0.237 e. The molecule has 0 atom stereocenters. The zero-order valence-electron chi connectivity index (χ0n) is 8.36. The maximum Gasteiger partial charge on any atom is 0.157 e. The molecule has 0 aliphatic rings. The normalized spacial score (nSPS) is 9.46. The van der Waals surface area contributed by atoms with Crippen molar-refractivity contribution < 1.29 is 0 Å². The summed E-state index contributed by atoms with van der Waals surface area (Å²) in [5.41, 5.74) is 2.04. The van der Waals surface area contributed by atoms with Crippen LogP contribution in [0.2, 0.25) is 0 Å². The largest absolute Gasteiger partial charge is 0.237 e. The van der Waals surface area contributed by atoms with Crippen LogP contribution in [0, 0.1) is 6.92 Å². The Morgan fingerprint density at radius 3 is 2.69 bits per heavy atom. The molecule has 0 N–H and O–H groups in total. The van der Waals surface area contributed by atoms with Gasteiger partial charge < -0.3 is 0 Å². The van der Waals surface area contributed by atoms with Crippen LogP contribution >= 0.6 is 0 Å². The molecule has 0 aliphatic heterocycles. The molecule has 2 rings (SSSR count). The Hall–Kier alpha value is -1.38. The van der Waals surface area contributed by atoms with E-state index < -0.39 is 0 Å². The van der Waals surface area contributed by atoms with Gasteiger partial charge in [-0.3, -0.25) is 0 Å². The summed E-state index contributed by atoms with van der Waals surface area (Å²) < 4.78 is 1.76. The van der Waals surface area contributed by atoms with Crippen molar-refractivity contribution in [3.05, 3.63) is 30.2 Å². The summed E-state index contributed by atoms with van der Waals surface area (Å²) in [6.07, 6.45) is 6.71. The molecule has 0 aromatic carbocycles. The molecular formula is C10H15N3. The Labute approximate surface area is 78.4 Å². The van der Waals surface area contributed by atoms with Crippen LogP contribution in [-0.4, -0.2) is 14.6 Å². The van der Waals surface area contributed by atoms with Crippen LogP contribution in [-0.2, 0) is 0 Å². The molecule has 2 heterocycles. The Bertz CT molecular complexity index is 365. The Kier molecular flexibility index (Phi) is 3.43. The highest BCUT2D eigenvalue weighted by Crippen LogP contribution is 2.02. The first-order chi connectivity index (χ1) is 6.29. The van der Waals surface area contributed by atoms with E-state index in [1.165, 1.54) is 6.42 Å². The number of fused-ring (bicyclic) bond motifs is 1. The van der Waals surface area contributed by atoms with Gasteiger partial charge in [0.25, 0.3) is 0 Å². The Balaban J connectivity index is 0.000000251. The van der Waals surface area contributed by atoms with E-state index in [2.05, 4.69) is 23.9 Å². The molecule has 3 heteroatoms. The summed E-state index contributed by atoms with van der Waals surface area (Å²) >= 11 is 0. The van der Waals surface area contributed by atoms with Crippen molar-refractivity contribution in [1.82, 2.24) is 14.6 Å². The second kappa shape index (κ2) is 4.60. The minimum atomic E-state index is 0.933. The molecule has 0 fully saturated rings. The van der Waals surface area contributed by atoms with E-state index in [1.54, 1.807) is 10.7 Å². The summed E-state index contributed by atoms with van der Waals surface area (Å²) in [7, 11) is 0. The lowest BCUT2D eigenvalue weighted by Crippen LogP contribution is -1.86. The molecule has 0 saturated heterocycles. The summed E-state index contributed by atoms with van der Waals surface area (Å²) in [6, 6.07) is 1.86. The molecule has 0 spiro atoms. The van der Waals surface area contributed by atoms with E-state index in [-0.39, 0.29) is 0 Å². The standard InChI is InChI=1S/C7H7N3.C3H8/c1-6-5-9-10-4-2-3-8-7(6)10;1-3-2/h2-5H,1H3;3H2,1-2H3. The SMILES string of the molecule is CCC.Cc1cnn2cccnc12. The van der Waals surface area contributed by atoms with Crippen molar-refractivity contribution in [3.63, 3.8) is 0 Å². The maximum atomic E-state index is 4.14. The number of aryl methyl sites for hydroxylation is 1. The summed E-state index contributed by atoms with van der Waals surface area (Å²) in [5, 5.41) is 4.07. The van der Waals surface area contributed by atoms with E-state index in [9.17, 15) is 0 Å². The number of hydrogen-bond donors (Lipinski definition) is 0. The highest BCUT2D eigenvalue weighted by molar-refractivity contribution is 5.44. The first kappa shape index (κ1) is 9.71. The quantitative estimate of drug-likeness (QED) is 0.618. The van der Waals surface area contributed by atoms with Gasteiger partial charge in [0.15, 0.2) is 5.65 Å². The summed E-state index contributed by atoms with van der Waals surface area (Å²) in [5.74, 6) is 0. The van der Waals surface area contributed by atoms with E-state index >= 15 is 0 Å².